The lowest BCUT2D eigenvalue weighted by Crippen LogP contribution is -1.97. The van der Waals surface area contributed by atoms with Gasteiger partial charge in [0.15, 0.2) is 0 Å². The first kappa shape index (κ1) is 11.9. The van der Waals surface area contributed by atoms with Crippen LogP contribution in [0.4, 0.5) is 5.69 Å². The van der Waals surface area contributed by atoms with Gasteiger partial charge in [-0.3, -0.25) is 0 Å². The SMILES string of the molecule is CCc1ccc(Oc2nccc(C#N)c2N)cc1. The van der Waals surface area contributed by atoms with Crippen LogP contribution in [0, 0.1) is 11.3 Å². The number of hydrogen-bond acceptors (Lipinski definition) is 4. The van der Waals surface area contributed by atoms with Crippen molar-refractivity contribution in [3.63, 3.8) is 0 Å². The topological polar surface area (TPSA) is 71.9 Å². The molecule has 18 heavy (non-hydrogen) atoms. The van der Waals surface area contributed by atoms with Gasteiger partial charge in [-0.15, -0.1) is 0 Å². The molecule has 1 aromatic heterocycles. The summed E-state index contributed by atoms with van der Waals surface area (Å²) >= 11 is 0. The summed E-state index contributed by atoms with van der Waals surface area (Å²) in [6.07, 6.45) is 2.48. The van der Waals surface area contributed by atoms with Crippen molar-refractivity contribution >= 4 is 5.69 Å². The van der Waals surface area contributed by atoms with Crippen molar-refractivity contribution in [1.82, 2.24) is 4.98 Å². The van der Waals surface area contributed by atoms with E-state index in [1.807, 2.05) is 30.3 Å². The highest BCUT2D eigenvalue weighted by molar-refractivity contribution is 5.60. The van der Waals surface area contributed by atoms with Crippen LogP contribution in [-0.4, -0.2) is 4.98 Å². The van der Waals surface area contributed by atoms with E-state index in [-0.39, 0.29) is 11.6 Å². The van der Waals surface area contributed by atoms with Gasteiger partial charge in [0.1, 0.15) is 17.5 Å². The molecule has 0 spiro atoms. The normalized spacial score (nSPS) is 9.78. The van der Waals surface area contributed by atoms with Crippen LogP contribution in [0.25, 0.3) is 0 Å². The molecule has 1 heterocycles. The zero-order chi connectivity index (χ0) is 13.0. The number of nitrogens with two attached hydrogens (primary N) is 1. The van der Waals surface area contributed by atoms with Crippen LogP contribution in [0.3, 0.4) is 0 Å². The Morgan fingerprint density at radius 2 is 2.00 bits per heavy atom. The van der Waals surface area contributed by atoms with E-state index in [0.29, 0.717) is 11.3 Å². The Morgan fingerprint density at radius 1 is 1.28 bits per heavy atom. The van der Waals surface area contributed by atoms with Gasteiger partial charge in [0.25, 0.3) is 0 Å². The Morgan fingerprint density at radius 3 is 2.61 bits per heavy atom. The number of ether oxygens (including phenoxy) is 1. The molecule has 2 N–H and O–H groups in total. The van der Waals surface area contributed by atoms with Gasteiger partial charge in [-0.05, 0) is 30.2 Å². The van der Waals surface area contributed by atoms with Crippen molar-refractivity contribution in [3.05, 3.63) is 47.7 Å². The zero-order valence-electron chi connectivity index (χ0n) is 10.1. The fourth-order valence-corrected chi connectivity index (χ4v) is 1.54. The summed E-state index contributed by atoms with van der Waals surface area (Å²) in [4.78, 5) is 4.03. The molecule has 4 nitrogen and oxygen atoms in total. The Hall–Kier alpha value is -2.54. The molecule has 0 atom stereocenters. The largest absolute Gasteiger partial charge is 0.437 e. The number of nitriles is 1. The van der Waals surface area contributed by atoms with E-state index in [9.17, 15) is 0 Å². The molecule has 4 heteroatoms. The molecule has 90 valence electrons. The second-order valence-electron chi connectivity index (χ2n) is 3.79. The maximum Gasteiger partial charge on any atom is 0.244 e. The van der Waals surface area contributed by atoms with Gasteiger partial charge < -0.3 is 10.5 Å². The first-order valence-electron chi connectivity index (χ1n) is 5.66. The number of nitrogens with zero attached hydrogens (tertiary/aromatic N) is 2. The van der Waals surface area contributed by atoms with Gasteiger partial charge in [0.05, 0.1) is 5.56 Å². The summed E-state index contributed by atoms with van der Waals surface area (Å²) in [6.45, 7) is 2.09. The van der Waals surface area contributed by atoms with Crippen molar-refractivity contribution in [2.24, 2.45) is 0 Å². The molecule has 0 fully saturated rings. The van der Waals surface area contributed by atoms with Crippen LogP contribution in [0.15, 0.2) is 36.5 Å². The third-order valence-corrected chi connectivity index (χ3v) is 2.62. The van der Waals surface area contributed by atoms with Crippen LogP contribution < -0.4 is 10.5 Å². The monoisotopic (exact) mass is 239 g/mol. The van der Waals surface area contributed by atoms with Crippen LogP contribution in [0.2, 0.25) is 0 Å². The van der Waals surface area contributed by atoms with Crippen LogP contribution >= 0.6 is 0 Å². The molecule has 0 aliphatic heterocycles. The molecule has 0 saturated heterocycles. The fraction of sp³-hybridized carbons (Fsp3) is 0.143. The molecular weight excluding hydrogens is 226 g/mol. The minimum Gasteiger partial charge on any atom is -0.437 e. The van der Waals surface area contributed by atoms with Gasteiger partial charge in [-0.25, -0.2) is 4.98 Å². The first-order valence-corrected chi connectivity index (χ1v) is 5.66. The van der Waals surface area contributed by atoms with E-state index >= 15 is 0 Å². The van der Waals surface area contributed by atoms with Crippen molar-refractivity contribution in [1.29, 1.82) is 5.26 Å². The maximum atomic E-state index is 8.86. The third-order valence-electron chi connectivity index (χ3n) is 2.62. The number of anilines is 1. The Bertz CT molecular complexity index is 585. The molecule has 0 bridgehead atoms. The maximum absolute atomic E-state index is 8.86. The van der Waals surface area contributed by atoms with Crippen LogP contribution in [0.5, 0.6) is 11.6 Å². The van der Waals surface area contributed by atoms with E-state index in [0.717, 1.165) is 6.42 Å². The van der Waals surface area contributed by atoms with Gasteiger partial charge in [-0.1, -0.05) is 19.1 Å². The Labute approximate surface area is 106 Å². The van der Waals surface area contributed by atoms with Gasteiger partial charge in [0.2, 0.25) is 5.88 Å². The second-order valence-corrected chi connectivity index (χ2v) is 3.79. The summed E-state index contributed by atoms with van der Waals surface area (Å²) in [7, 11) is 0. The molecule has 2 aromatic rings. The Kier molecular flexibility index (Phi) is 3.44. The van der Waals surface area contributed by atoms with Gasteiger partial charge in [-0.2, -0.15) is 5.26 Å². The summed E-state index contributed by atoms with van der Waals surface area (Å²) < 4.78 is 5.56. The molecule has 0 aliphatic carbocycles. The number of pyridine rings is 1. The van der Waals surface area contributed by atoms with E-state index < -0.39 is 0 Å². The lowest BCUT2D eigenvalue weighted by atomic mass is 10.2. The molecule has 0 aliphatic rings. The zero-order valence-corrected chi connectivity index (χ0v) is 10.1. The van der Waals surface area contributed by atoms with Crippen molar-refractivity contribution in [2.75, 3.05) is 5.73 Å². The average Bonchev–Trinajstić information content (AvgIpc) is 2.42. The minimum atomic E-state index is 0.262. The summed E-state index contributed by atoms with van der Waals surface area (Å²) in [5.41, 5.74) is 7.65. The number of rotatable bonds is 3. The predicted molar refractivity (Wildman–Crippen MR) is 69.3 cm³/mol. The molecule has 1 aromatic carbocycles. The number of benzene rings is 1. The molecular formula is C14H13N3O. The second kappa shape index (κ2) is 5.19. The lowest BCUT2D eigenvalue weighted by Gasteiger charge is -2.08. The number of hydrogen-bond donors (Lipinski definition) is 1. The van der Waals surface area contributed by atoms with E-state index in [4.69, 9.17) is 15.7 Å². The molecule has 0 unspecified atom stereocenters. The van der Waals surface area contributed by atoms with Crippen molar-refractivity contribution in [3.8, 4) is 17.7 Å². The summed E-state index contributed by atoms with van der Waals surface area (Å²) in [5.74, 6) is 0.916. The third kappa shape index (κ3) is 2.41. The van der Waals surface area contributed by atoms with Crippen LogP contribution in [-0.2, 0) is 6.42 Å². The first-order chi connectivity index (χ1) is 8.74. The quantitative estimate of drug-likeness (QED) is 0.893. The van der Waals surface area contributed by atoms with E-state index in [1.165, 1.54) is 11.8 Å². The standard InChI is InChI=1S/C14H13N3O/c1-2-10-3-5-12(6-4-10)18-14-13(16)11(9-15)7-8-17-14/h3-8H,2,16H2,1H3. The van der Waals surface area contributed by atoms with Gasteiger partial charge >= 0.3 is 0 Å². The highest BCUT2D eigenvalue weighted by Gasteiger charge is 2.08. The molecule has 0 radical (unpaired) electrons. The number of aryl methyl sites for hydroxylation is 1. The van der Waals surface area contributed by atoms with E-state index in [1.54, 1.807) is 6.07 Å². The highest BCUT2D eigenvalue weighted by Crippen LogP contribution is 2.27. The average molecular weight is 239 g/mol. The van der Waals surface area contributed by atoms with E-state index in [2.05, 4.69) is 11.9 Å². The number of nitrogen functional groups attached to an aromatic ring is 1. The van der Waals surface area contributed by atoms with Gasteiger partial charge in [0, 0.05) is 6.20 Å². The molecule has 0 amide bonds. The molecule has 2 rings (SSSR count). The van der Waals surface area contributed by atoms with Crippen LogP contribution in [0.1, 0.15) is 18.1 Å². The van der Waals surface area contributed by atoms with Crippen molar-refractivity contribution < 1.29 is 4.74 Å². The molecule has 0 saturated carbocycles. The Balaban J connectivity index is 2.26. The summed E-state index contributed by atoms with van der Waals surface area (Å²) in [5, 5.41) is 8.86. The predicted octanol–water partition coefficient (Wildman–Crippen LogP) is 2.89. The highest BCUT2D eigenvalue weighted by atomic mass is 16.5. The lowest BCUT2D eigenvalue weighted by molar-refractivity contribution is 0.465. The smallest absolute Gasteiger partial charge is 0.244 e. The summed E-state index contributed by atoms with van der Waals surface area (Å²) in [6, 6.07) is 11.2. The van der Waals surface area contributed by atoms with Crippen molar-refractivity contribution in [2.45, 2.75) is 13.3 Å². The number of aromatic nitrogens is 1. The fourth-order valence-electron chi connectivity index (χ4n) is 1.54. The minimum absolute atomic E-state index is 0.262.